The fraction of sp³-hybridized carbons (Fsp3) is 0.357. The third-order valence-corrected chi connectivity index (χ3v) is 2.98. The minimum atomic E-state index is 0.194. The number of carbonyl (C=O) groups is 1. The first kappa shape index (κ1) is 11.9. The summed E-state index contributed by atoms with van der Waals surface area (Å²) in [4.78, 5) is 15.8. The van der Waals surface area contributed by atoms with Crippen LogP contribution in [0.15, 0.2) is 34.9 Å². The van der Waals surface area contributed by atoms with Gasteiger partial charge in [-0.2, -0.15) is 4.98 Å². The lowest BCUT2D eigenvalue weighted by molar-refractivity contribution is -0.119. The Kier molecular flexibility index (Phi) is 3.27. The van der Waals surface area contributed by atoms with Crippen LogP contribution >= 0.6 is 0 Å². The van der Waals surface area contributed by atoms with Crippen molar-refractivity contribution in [2.75, 3.05) is 0 Å². The number of ether oxygens (including phenoxy) is 1. The SMILES string of the molecule is O=C(Cc1nc(COc2ccccc2)no1)C1CC1. The van der Waals surface area contributed by atoms with Crippen molar-refractivity contribution in [2.45, 2.75) is 25.9 Å². The zero-order valence-electron chi connectivity index (χ0n) is 10.4. The van der Waals surface area contributed by atoms with Crippen molar-refractivity contribution in [1.82, 2.24) is 10.1 Å². The summed E-state index contributed by atoms with van der Waals surface area (Å²) in [6, 6.07) is 9.43. The number of carbonyl (C=O) groups excluding carboxylic acids is 1. The van der Waals surface area contributed by atoms with E-state index >= 15 is 0 Å². The molecule has 1 heterocycles. The van der Waals surface area contributed by atoms with E-state index in [4.69, 9.17) is 9.26 Å². The van der Waals surface area contributed by atoms with Crippen molar-refractivity contribution in [3.8, 4) is 5.75 Å². The highest BCUT2D eigenvalue weighted by molar-refractivity contribution is 5.84. The van der Waals surface area contributed by atoms with Gasteiger partial charge in [0.25, 0.3) is 0 Å². The van der Waals surface area contributed by atoms with E-state index in [1.807, 2.05) is 30.3 Å². The maximum absolute atomic E-state index is 11.6. The largest absolute Gasteiger partial charge is 0.485 e. The van der Waals surface area contributed by atoms with Gasteiger partial charge in [-0.3, -0.25) is 4.79 Å². The molecule has 0 aliphatic heterocycles. The molecule has 98 valence electrons. The van der Waals surface area contributed by atoms with Crippen LogP contribution in [0.4, 0.5) is 0 Å². The Bertz CT molecular complexity index is 561. The van der Waals surface area contributed by atoms with Gasteiger partial charge in [0.1, 0.15) is 11.5 Å². The second-order valence-corrected chi connectivity index (χ2v) is 4.62. The van der Waals surface area contributed by atoms with Gasteiger partial charge >= 0.3 is 0 Å². The van der Waals surface area contributed by atoms with Crippen molar-refractivity contribution in [2.24, 2.45) is 5.92 Å². The van der Waals surface area contributed by atoms with Gasteiger partial charge in [-0.15, -0.1) is 0 Å². The lowest BCUT2D eigenvalue weighted by Crippen LogP contribution is -2.05. The summed E-state index contributed by atoms with van der Waals surface area (Å²) in [5.74, 6) is 2.00. The van der Waals surface area contributed by atoms with E-state index in [1.54, 1.807) is 0 Å². The van der Waals surface area contributed by atoms with Crippen LogP contribution in [0.3, 0.4) is 0 Å². The van der Waals surface area contributed by atoms with Crippen LogP contribution in [-0.2, 0) is 17.8 Å². The number of para-hydroxylation sites is 1. The van der Waals surface area contributed by atoms with E-state index in [1.165, 1.54) is 0 Å². The van der Waals surface area contributed by atoms with E-state index in [9.17, 15) is 4.79 Å². The van der Waals surface area contributed by atoms with E-state index in [-0.39, 0.29) is 24.7 Å². The average molecular weight is 258 g/mol. The number of Topliss-reactive ketones (excluding diaryl/α,β-unsaturated/α-hetero) is 1. The van der Waals surface area contributed by atoms with Crippen LogP contribution in [0.1, 0.15) is 24.6 Å². The van der Waals surface area contributed by atoms with Gasteiger partial charge < -0.3 is 9.26 Å². The molecule has 0 N–H and O–H groups in total. The number of nitrogens with zero attached hydrogens (tertiary/aromatic N) is 2. The molecule has 2 aromatic rings. The number of hydrogen-bond acceptors (Lipinski definition) is 5. The first-order chi connectivity index (χ1) is 9.31. The number of benzene rings is 1. The molecule has 19 heavy (non-hydrogen) atoms. The molecule has 1 fully saturated rings. The molecule has 1 aliphatic carbocycles. The summed E-state index contributed by atoms with van der Waals surface area (Å²) in [5.41, 5.74) is 0. The van der Waals surface area contributed by atoms with Crippen LogP contribution in [0.25, 0.3) is 0 Å². The summed E-state index contributed by atoms with van der Waals surface area (Å²) in [7, 11) is 0. The second kappa shape index (κ2) is 5.22. The molecule has 1 aromatic carbocycles. The van der Waals surface area contributed by atoms with Crippen molar-refractivity contribution < 1.29 is 14.1 Å². The van der Waals surface area contributed by atoms with Crippen molar-refractivity contribution in [1.29, 1.82) is 0 Å². The number of hydrogen-bond donors (Lipinski definition) is 0. The predicted octanol–water partition coefficient (Wildman–Crippen LogP) is 2.17. The number of rotatable bonds is 6. The lowest BCUT2D eigenvalue weighted by Gasteiger charge is -2.01. The first-order valence-corrected chi connectivity index (χ1v) is 6.33. The molecule has 1 aliphatic rings. The summed E-state index contributed by atoms with van der Waals surface area (Å²) in [5, 5.41) is 3.80. The number of aromatic nitrogens is 2. The van der Waals surface area contributed by atoms with Gasteiger partial charge in [0.2, 0.25) is 11.7 Å². The Morgan fingerprint density at radius 1 is 1.32 bits per heavy atom. The molecule has 3 rings (SSSR count). The zero-order valence-corrected chi connectivity index (χ0v) is 10.4. The summed E-state index contributed by atoms with van der Waals surface area (Å²) in [6.45, 7) is 0.241. The van der Waals surface area contributed by atoms with Crippen LogP contribution in [0.2, 0.25) is 0 Å². The van der Waals surface area contributed by atoms with Gasteiger partial charge in [-0.25, -0.2) is 0 Å². The van der Waals surface area contributed by atoms with Crippen molar-refractivity contribution in [3.05, 3.63) is 42.0 Å². The third kappa shape index (κ3) is 3.19. The quantitative estimate of drug-likeness (QED) is 0.794. The monoisotopic (exact) mass is 258 g/mol. The normalized spacial score (nSPS) is 14.3. The topological polar surface area (TPSA) is 65.2 Å². The fourth-order valence-electron chi connectivity index (χ4n) is 1.78. The molecular formula is C14H14N2O3. The van der Waals surface area contributed by atoms with Crippen LogP contribution in [0.5, 0.6) is 5.75 Å². The Labute approximate surface area is 110 Å². The Hall–Kier alpha value is -2.17. The highest BCUT2D eigenvalue weighted by Crippen LogP contribution is 2.30. The highest BCUT2D eigenvalue weighted by atomic mass is 16.5. The van der Waals surface area contributed by atoms with Crippen LogP contribution in [0, 0.1) is 5.92 Å². The highest BCUT2D eigenvalue weighted by Gasteiger charge is 2.30. The third-order valence-electron chi connectivity index (χ3n) is 2.98. The average Bonchev–Trinajstić information content (AvgIpc) is 3.20. The molecule has 0 spiro atoms. The smallest absolute Gasteiger partial charge is 0.234 e. The summed E-state index contributed by atoms with van der Waals surface area (Å²) in [6.07, 6.45) is 2.23. The van der Waals surface area contributed by atoms with Gasteiger partial charge in [-0.05, 0) is 25.0 Å². The van der Waals surface area contributed by atoms with Crippen molar-refractivity contribution >= 4 is 5.78 Å². The maximum Gasteiger partial charge on any atom is 0.234 e. The molecule has 0 saturated heterocycles. The van der Waals surface area contributed by atoms with Crippen LogP contribution in [-0.4, -0.2) is 15.9 Å². The van der Waals surface area contributed by atoms with Gasteiger partial charge in [0.15, 0.2) is 6.61 Å². The Morgan fingerprint density at radius 2 is 2.11 bits per heavy atom. The van der Waals surface area contributed by atoms with Gasteiger partial charge in [0, 0.05) is 5.92 Å². The van der Waals surface area contributed by atoms with E-state index in [0.717, 1.165) is 18.6 Å². The molecule has 1 saturated carbocycles. The Balaban J connectivity index is 1.54. The predicted molar refractivity (Wildman–Crippen MR) is 66.5 cm³/mol. The van der Waals surface area contributed by atoms with Gasteiger partial charge in [-0.1, -0.05) is 23.4 Å². The van der Waals surface area contributed by atoms with E-state index < -0.39 is 0 Å². The maximum atomic E-state index is 11.6. The molecule has 1 aromatic heterocycles. The minimum absolute atomic E-state index is 0.194. The van der Waals surface area contributed by atoms with Crippen LogP contribution < -0.4 is 4.74 Å². The molecule has 0 atom stereocenters. The Morgan fingerprint density at radius 3 is 2.84 bits per heavy atom. The standard InChI is InChI=1S/C14H14N2O3/c17-12(10-6-7-10)8-14-15-13(16-19-14)9-18-11-4-2-1-3-5-11/h1-5,10H,6-9H2. The van der Waals surface area contributed by atoms with Gasteiger partial charge in [0.05, 0.1) is 6.42 Å². The zero-order chi connectivity index (χ0) is 13.1. The molecule has 5 heteroatoms. The minimum Gasteiger partial charge on any atom is -0.485 e. The first-order valence-electron chi connectivity index (χ1n) is 6.33. The van der Waals surface area contributed by atoms with E-state index in [2.05, 4.69) is 10.1 Å². The second-order valence-electron chi connectivity index (χ2n) is 4.62. The molecule has 0 unspecified atom stereocenters. The molecule has 0 amide bonds. The molecule has 5 nitrogen and oxygen atoms in total. The molecule has 0 bridgehead atoms. The summed E-state index contributed by atoms with van der Waals surface area (Å²) < 4.78 is 10.5. The van der Waals surface area contributed by atoms with Crippen molar-refractivity contribution in [3.63, 3.8) is 0 Å². The number of ketones is 1. The molecular weight excluding hydrogens is 244 g/mol. The molecule has 0 radical (unpaired) electrons. The fourth-order valence-corrected chi connectivity index (χ4v) is 1.78. The van der Waals surface area contributed by atoms with E-state index in [0.29, 0.717) is 11.7 Å². The lowest BCUT2D eigenvalue weighted by atomic mass is 10.2. The summed E-state index contributed by atoms with van der Waals surface area (Å²) >= 11 is 0.